The van der Waals surface area contributed by atoms with Gasteiger partial charge in [-0.1, -0.05) is 30.7 Å². The number of carbonyl (C=O) groups excluding carboxylic acids is 2. The van der Waals surface area contributed by atoms with Crippen molar-refractivity contribution in [3.8, 4) is 5.75 Å². The number of anilines is 3. The van der Waals surface area contributed by atoms with Crippen LogP contribution in [0.5, 0.6) is 5.75 Å². The molecule has 1 aliphatic carbocycles. The zero-order chi connectivity index (χ0) is 25.1. The number of amides is 1. The molecule has 0 saturated heterocycles. The predicted molar refractivity (Wildman–Crippen MR) is 132 cm³/mol. The van der Waals surface area contributed by atoms with Crippen molar-refractivity contribution in [3.05, 3.63) is 80.1 Å². The lowest BCUT2D eigenvalue weighted by atomic mass is 9.91. The van der Waals surface area contributed by atoms with Crippen molar-refractivity contribution in [2.75, 3.05) is 24.7 Å². The van der Waals surface area contributed by atoms with E-state index in [1.165, 1.54) is 17.0 Å². The number of rotatable bonds is 7. The highest BCUT2D eigenvalue weighted by Gasteiger charge is 2.32. The number of phenolic OH excluding ortho intramolecular Hbond substituents is 1. The summed E-state index contributed by atoms with van der Waals surface area (Å²) >= 11 is 0. The largest absolute Gasteiger partial charge is 0.505 e. The van der Waals surface area contributed by atoms with Crippen LogP contribution in [-0.4, -0.2) is 48.1 Å². The summed E-state index contributed by atoms with van der Waals surface area (Å²) in [5.41, 5.74) is -0.714. The van der Waals surface area contributed by atoms with E-state index in [1.54, 1.807) is 44.4 Å². The second-order valence-corrected chi connectivity index (χ2v) is 8.78. The highest BCUT2D eigenvalue weighted by atomic mass is 16.5. The fourth-order valence-corrected chi connectivity index (χ4v) is 4.21. The van der Waals surface area contributed by atoms with Crippen LogP contribution in [-0.2, 0) is 4.74 Å². The molecule has 2 atom stereocenters. The minimum absolute atomic E-state index is 0.00142. The van der Waals surface area contributed by atoms with E-state index >= 15 is 0 Å². The van der Waals surface area contributed by atoms with Crippen LogP contribution in [0, 0.1) is 0 Å². The van der Waals surface area contributed by atoms with Gasteiger partial charge in [-0.15, -0.1) is 0 Å². The molecule has 0 aromatic heterocycles. The van der Waals surface area contributed by atoms with E-state index in [0.717, 1.165) is 12.8 Å². The summed E-state index contributed by atoms with van der Waals surface area (Å²) in [7, 11) is 3.12. The number of benzene rings is 2. The Bertz CT molecular complexity index is 1310. The molecule has 35 heavy (non-hydrogen) atoms. The molecule has 9 heteroatoms. The summed E-state index contributed by atoms with van der Waals surface area (Å²) in [5.74, 6) is -1.17. The maximum absolute atomic E-state index is 12.6. The molecule has 182 valence electrons. The highest BCUT2D eigenvalue weighted by Crippen LogP contribution is 2.33. The third-order valence-corrected chi connectivity index (χ3v) is 6.14. The van der Waals surface area contributed by atoms with Crippen molar-refractivity contribution in [2.45, 2.75) is 37.8 Å². The molecule has 0 heterocycles. The number of esters is 1. The number of hydrogen-bond donors (Lipinski definition) is 3. The topological polar surface area (TPSA) is 125 Å². The van der Waals surface area contributed by atoms with Crippen LogP contribution in [0.3, 0.4) is 0 Å². The van der Waals surface area contributed by atoms with Gasteiger partial charge in [0, 0.05) is 14.1 Å². The van der Waals surface area contributed by atoms with Gasteiger partial charge < -0.3 is 25.4 Å². The molecule has 0 bridgehead atoms. The Hall–Kier alpha value is -4.14. The molecule has 9 nitrogen and oxygen atoms in total. The summed E-state index contributed by atoms with van der Waals surface area (Å²) in [4.78, 5) is 50.9. The Morgan fingerprint density at radius 2 is 1.63 bits per heavy atom. The number of hydrogen-bond acceptors (Lipinski definition) is 8. The van der Waals surface area contributed by atoms with Crippen LogP contribution < -0.4 is 21.5 Å². The normalized spacial score (nSPS) is 17.5. The lowest BCUT2D eigenvalue weighted by molar-refractivity contribution is 0.0174. The predicted octanol–water partition coefficient (Wildman–Crippen LogP) is 3.01. The van der Waals surface area contributed by atoms with Crippen molar-refractivity contribution in [2.24, 2.45) is 0 Å². The number of aromatic hydroxyl groups is 1. The molecule has 1 unspecified atom stereocenters. The van der Waals surface area contributed by atoms with Crippen LogP contribution in [0.2, 0.25) is 0 Å². The molecule has 1 aliphatic rings. The number of ether oxygens (including phenoxy) is 1. The van der Waals surface area contributed by atoms with E-state index in [4.69, 9.17) is 4.74 Å². The lowest BCUT2D eigenvalue weighted by Crippen LogP contribution is -2.45. The molecule has 1 amide bonds. The maximum atomic E-state index is 12.6. The van der Waals surface area contributed by atoms with Crippen LogP contribution in [0.15, 0.2) is 58.1 Å². The van der Waals surface area contributed by atoms with E-state index in [9.17, 15) is 24.3 Å². The number of nitrogens with zero attached hydrogens (tertiary/aromatic N) is 1. The zero-order valence-electron chi connectivity index (χ0n) is 19.5. The van der Waals surface area contributed by atoms with Gasteiger partial charge in [0.25, 0.3) is 16.8 Å². The Balaban J connectivity index is 1.53. The van der Waals surface area contributed by atoms with Crippen molar-refractivity contribution in [1.82, 2.24) is 4.90 Å². The van der Waals surface area contributed by atoms with Gasteiger partial charge in [-0.05, 0) is 43.5 Å². The average molecular weight is 478 g/mol. The molecule has 3 aromatic carbocycles. The highest BCUT2D eigenvalue weighted by molar-refractivity contribution is 5.99. The number of phenols is 1. The second kappa shape index (κ2) is 10.0. The van der Waals surface area contributed by atoms with E-state index in [-0.39, 0.29) is 34.4 Å². The minimum atomic E-state index is -0.732. The van der Waals surface area contributed by atoms with Gasteiger partial charge in [-0.25, -0.2) is 4.79 Å². The molecule has 0 aliphatic heterocycles. The molecular formula is C26H27N3O6. The third-order valence-electron chi connectivity index (χ3n) is 6.14. The van der Waals surface area contributed by atoms with E-state index in [2.05, 4.69) is 10.6 Å². The SMILES string of the molecule is CN(C)C(=O)c1cccc(Nc2c(NC3CCCC[C@H]3OC(=O)c3ccccc3)c(=O)c2=O)c1O. The maximum Gasteiger partial charge on any atom is 0.338 e. The molecule has 1 fully saturated rings. The summed E-state index contributed by atoms with van der Waals surface area (Å²) in [6, 6.07) is 12.9. The lowest BCUT2D eigenvalue weighted by Gasteiger charge is -2.33. The van der Waals surface area contributed by atoms with Crippen molar-refractivity contribution < 1.29 is 19.4 Å². The number of carbonyl (C=O) groups is 2. The van der Waals surface area contributed by atoms with Crippen molar-refractivity contribution in [1.29, 1.82) is 0 Å². The Morgan fingerprint density at radius 3 is 2.34 bits per heavy atom. The molecule has 0 spiro atoms. The number of para-hydroxylation sites is 1. The molecule has 0 radical (unpaired) electrons. The van der Waals surface area contributed by atoms with Crippen LogP contribution >= 0.6 is 0 Å². The fourth-order valence-electron chi connectivity index (χ4n) is 4.21. The van der Waals surface area contributed by atoms with Gasteiger partial charge in [-0.3, -0.25) is 14.4 Å². The molecule has 3 N–H and O–H groups in total. The van der Waals surface area contributed by atoms with Gasteiger partial charge in [0.1, 0.15) is 17.5 Å². The first-order valence-electron chi connectivity index (χ1n) is 11.4. The summed E-state index contributed by atoms with van der Waals surface area (Å²) in [6.45, 7) is 0. The van der Waals surface area contributed by atoms with Gasteiger partial charge >= 0.3 is 5.97 Å². The molecule has 3 aromatic rings. The van der Waals surface area contributed by atoms with E-state index in [1.807, 2.05) is 6.07 Å². The Kier molecular flexibility index (Phi) is 6.86. The Morgan fingerprint density at radius 1 is 0.943 bits per heavy atom. The smallest absolute Gasteiger partial charge is 0.338 e. The molecule has 4 rings (SSSR count). The van der Waals surface area contributed by atoms with Gasteiger partial charge in [-0.2, -0.15) is 0 Å². The minimum Gasteiger partial charge on any atom is -0.505 e. The van der Waals surface area contributed by atoms with Gasteiger partial charge in [0.05, 0.1) is 22.9 Å². The quantitative estimate of drug-likeness (QED) is 0.269. The fraction of sp³-hybridized carbons (Fsp3) is 0.308. The Labute approximate surface area is 202 Å². The number of nitrogens with one attached hydrogen (secondary N) is 2. The first-order valence-corrected chi connectivity index (χ1v) is 11.4. The summed E-state index contributed by atoms with van der Waals surface area (Å²) in [5, 5.41) is 16.5. The van der Waals surface area contributed by atoms with Crippen LogP contribution in [0.1, 0.15) is 46.4 Å². The van der Waals surface area contributed by atoms with E-state index < -0.39 is 28.8 Å². The van der Waals surface area contributed by atoms with Crippen LogP contribution in [0.25, 0.3) is 0 Å². The van der Waals surface area contributed by atoms with Gasteiger partial charge in [0.2, 0.25) is 0 Å². The zero-order valence-corrected chi connectivity index (χ0v) is 19.5. The monoisotopic (exact) mass is 477 g/mol. The molecular weight excluding hydrogens is 450 g/mol. The average Bonchev–Trinajstić information content (AvgIpc) is 2.87. The molecule has 1 saturated carbocycles. The van der Waals surface area contributed by atoms with Crippen molar-refractivity contribution in [3.63, 3.8) is 0 Å². The van der Waals surface area contributed by atoms with Crippen LogP contribution in [0.4, 0.5) is 17.1 Å². The summed E-state index contributed by atoms with van der Waals surface area (Å²) in [6.07, 6.45) is 2.57. The van der Waals surface area contributed by atoms with Gasteiger partial charge in [0.15, 0.2) is 5.75 Å². The first-order chi connectivity index (χ1) is 16.8. The first kappa shape index (κ1) is 24.0. The second-order valence-electron chi connectivity index (χ2n) is 8.78. The third kappa shape index (κ3) is 4.89. The van der Waals surface area contributed by atoms with E-state index in [0.29, 0.717) is 18.4 Å². The van der Waals surface area contributed by atoms with Crippen molar-refractivity contribution >= 4 is 28.9 Å². The summed E-state index contributed by atoms with van der Waals surface area (Å²) < 4.78 is 5.74. The standard InChI is InChI=1S/C26H27N3O6/c1-29(2)25(33)16-11-8-13-18(22(16)30)28-21-20(23(31)24(21)32)27-17-12-6-7-14-19(17)35-26(34)15-9-4-3-5-10-15/h3-5,8-11,13,17,19,27-28,30H,6-7,12,14H2,1-2H3/t17?,19-/m1/s1.